The van der Waals surface area contributed by atoms with Crippen LogP contribution in [0.25, 0.3) is 23.3 Å². The molecule has 3 rings (SSSR count). The molecule has 0 aliphatic heterocycles. The summed E-state index contributed by atoms with van der Waals surface area (Å²) in [6.07, 6.45) is 5.95. The fourth-order valence-electron chi connectivity index (χ4n) is 1.83. The lowest BCUT2D eigenvalue weighted by atomic mass is 10.2. The molecule has 0 atom stereocenters. The van der Waals surface area contributed by atoms with Gasteiger partial charge in [-0.15, -0.1) is 0 Å². The smallest absolute Gasteiger partial charge is 0.0999 e. The molecule has 0 aliphatic rings. The zero-order valence-electron chi connectivity index (χ0n) is 9.32. The first kappa shape index (κ1) is 9.85. The van der Waals surface area contributed by atoms with Crippen LogP contribution in [0.3, 0.4) is 0 Å². The van der Waals surface area contributed by atoms with E-state index in [4.69, 9.17) is 0 Å². The third-order valence-corrected chi connectivity index (χ3v) is 2.71. The van der Waals surface area contributed by atoms with Crippen LogP contribution in [-0.2, 0) is 0 Å². The molecule has 0 saturated carbocycles. The first-order valence-electron chi connectivity index (χ1n) is 5.58. The van der Waals surface area contributed by atoms with E-state index in [2.05, 4.69) is 29.3 Å². The molecule has 0 spiro atoms. The van der Waals surface area contributed by atoms with Gasteiger partial charge in [0.1, 0.15) is 0 Å². The maximum Gasteiger partial charge on any atom is 0.0999 e. The standard InChI is InChI=1S/C15H12N2/c1-2-6-13(7-3-1)10-11-17-12-16-14-8-4-5-9-15(14)17/h1-12H/b11-10-. The van der Waals surface area contributed by atoms with Crippen LogP contribution in [0.4, 0.5) is 0 Å². The zero-order valence-corrected chi connectivity index (χ0v) is 9.32. The Morgan fingerprint density at radius 3 is 2.53 bits per heavy atom. The van der Waals surface area contributed by atoms with Gasteiger partial charge in [0.25, 0.3) is 0 Å². The Bertz CT molecular complexity index is 651. The molecule has 2 aromatic carbocycles. The van der Waals surface area contributed by atoms with Gasteiger partial charge in [-0.05, 0) is 23.8 Å². The van der Waals surface area contributed by atoms with Crippen LogP contribution in [0.1, 0.15) is 5.56 Å². The van der Waals surface area contributed by atoms with Crippen LogP contribution in [0.2, 0.25) is 0 Å². The van der Waals surface area contributed by atoms with Gasteiger partial charge >= 0.3 is 0 Å². The van der Waals surface area contributed by atoms with E-state index in [1.165, 1.54) is 5.56 Å². The van der Waals surface area contributed by atoms with E-state index >= 15 is 0 Å². The lowest BCUT2D eigenvalue weighted by Crippen LogP contribution is -1.82. The fraction of sp³-hybridized carbons (Fsp3) is 0. The summed E-state index contributed by atoms with van der Waals surface area (Å²) in [4.78, 5) is 4.34. The maximum absolute atomic E-state index is 4.34. The van der Waals surface area contributed by atoms with Crippen molar-refractivity contribution < 1.29 is 0 Å². The molecule has 0 amide bonds. The van der Waals surface area contributed by atoms with Crippen molar-refractivity contribution in [1.29, 1.82) is 0 Å². The van der Waals surface area contributed by atoms with Crippen LogP contribution < -0.4 is 0 Å². The number of rotatable bonds is 2. The summed E-state index contributed by atoms with van der Waals surface area (Å²) in [6, 6.07) is 18.4. The van der Waals surface area contributed by atoms with Crippen LogP contribution in [0.5, 0.6) is 0 Å². The molecule has 0 saturated heterocycles. The minimum absolute atomic E-state index is 1.02. The SMILES string of the molecule is C(=C/n1cnc2ccccc21)/c1ccccc1. The first-order valence-corrected chi connectivity index (χ1v) is 5.58. The summed E-state index contributed by atoms with van der Waals surface area (Å²) in [5, 5.41) is 0. The van der Waals surface area contributed by atoms with E-state index in [1.807, 2.05) is 53.5 Å². The zero-order chi connectivity index (χ0) is 11.5. The summed E-state index contributed by atoms with van der Waals surface area (Å²) >= 11 is 0. The number of hydrogen-bond donors (Lipinski definition) is 0. The van der Waals surface area contributed by atoms with Crippen molar-refractivity contribution in [2.24, 2.45) is 0 Å². The average molecular weight is 220 g/mol. The second-order valence-electron chi connectivity index (χ2n) is 3.87. The molecule has 82 valence electrons. The van der Waals surface area contributed by atoms with Crippen molar-refractivity contribution in [2.45, 2.75) is 0 Å². The third-order valence-electron chi connectivity index (χ3n) is 2.71. The number of benzene rings is 2. The van der Waals surface area contributed by atoms with Gasteiger partial charge < -0.3 is 4.57 Å². The Kier molecular flexibility index (Phi) is 2.47. The molecule has 2 nitrogen and oxygen atoms in total. The molecule has 0 unspecified atom stereocenters. The van der Waals surface area contributed by atoms with Crippen LogP contribution in [0, 0.1) is 0 Å². The van der Waals surface area contributed by atoms with Crippen molar-refractivity contribution in [1.82, 2.24) is 9.55 Å². The highest BCUT2D eigenvalue weighted by Gasteiger charge is 1.97. The van der Waals surface area contributed by atoms with Gasteiger partial charge in [-0.2, -0.15) is 0 Å². The predicted octanol–water partition coefficient (Wildman–Crippen LogP) is 3.66. The molecule has 0 aliphatic carbocycles. The highest BCUT2D eigenvalue weighted by Crippen LogP contribution is 2.13. The van der Waals surface area contributed by atoms with Crippen molar-refractivity contribution >= 4 is 23.3 Å². The number of para-hydroxylation sites is 2. The maximum atomic E-state index is 4.34. The van der Waals surface area contributed by atoms with E-state index in [0.717, 1.165) is 11.0 Å². The molecular formula is C15H12N2. The Morgan fingerprint density at radius 2 is 1.65 bits per heavy atom. The topological polar surface area (TPSA) is 17.8 Å². The van der Waals surface area contributed by atoms with E-state index in [0.29, 0.717) is 0 Å². The average Bonchev–Trinajstić information content (AvgIpc) is 2.81. The Morgan fingerprint density at radius 1 is 0.882 bits per heavy atom. The fourth-order valence-corrected chi connectivity index (χ4v) is 1.83. The van der Waals surface area contributed by atoms with E-state index < -0.39 is 0 Å². The van der Waals surface area contributed by atoms with Crippen molar-refractivity contribution in [2.75, 3.05) is 0 Å². The molecule has 0 N–H and O–H groups in total. The Balaban J connectivity index is 1.98. The van der Waals surface area contributed by atoms with Gasteiger partial charge in [0, 0.05) is 6.20 Å². The minimum atomic E-state index is 1.02. The van der Waals surface area contributed by atoms with Gasteiger partial charge in [0.05, 0.1) is 17.4 Å². The monoisotopic (exact) mass is 220 g/mol. The quantitative estimate of drug-likeness (QED) is 0.644. The predicted molar refractivity (Wildman–Crippen MR) is 71.4 cm³/mol. The van der Waals surface area contributed by atoms with Crippen LogP contribution >= 0.6 is 0 Å². The first-order chi connectivity index (χ1) is 8.43. The van der Waals surface area contributed by atoms with E-state index in [-0.39, 0.29) is 0 Å². The second kappa shape index (κ2) is 4.26. The molecule has 2 heteroatoms. The third kappa shape index (κ3) is 1.97. The molecule has 0 radical (unpaired) electrons. The molecular weight excluding hydrogens is 208 g/mol. The Labute approximate surface area is 99.8 Å². The number of aromatic nitrogens is 2. The summed E-state index contributed by atoms with van der Waals surface area (Å²) in [7, 11) is 0. The lowest BCUT2D eigenvalue weighted by molar-refractivity contribution is 1.18. The largest absolute Gasteiger partial charge is 0.306 e. The molecule has 17 heavy (non-hydrogen) atoms. The Hall–Kier alpha value is -2.35. The van der Waals surface area contributed by atoms with Gasteiger partial charge in [0.15, 0.2) is 0 Å². The van der Waals surface area contributed by atoms with Crippen LogP contribution in [-0.4, -0.2) is 9.55 Å². The highest BCUT2D eigenvalue weighted by atomic mass is 15.0. The van der Waals surface area contributed by atoms with Crippen molar-refractivity contribution in [3.05, 3.63) is 66.5 Å². The molecule has 1 aromatic heterocycles. The molecule has 0 fully saturated rings. The van der Waals surface area contributed by atoms with Crippen LogP contribution in [0.15, 0.2) is 60.9 Å². The van der Waals surface area contributed by atoms with Crippen molar-refractivity contribution in [3.63, 3.8) is 0 Å². The summed E-state index contributed by atoms with van der Waals surface area (Å²) in [5.41, 5.74) is 3.33. The molecule has 3 aromatic rings. The minimum Gasteiger partial charge on any atom is -0.306 e. The number of nitrogens with zero attached hydrogens (tertiary/aromatic N) is 2. The summed E-state index contributed by atoms with van der Waals surface area (Å²) < 4.78 is 2.03. The van der Waals surface area contributed by atoms with Crippen molar-refractivity contribution in [3.8, 4) is 0 Å². The van der Waals surface area contributed by atoms with E-state index in [9.17, 15) is 0 Å². The number of imidazole rings is 1. The normalized spacial score (nSPS) is 11.3. The molecule has 0 bridgehead atoms. The van der Waals surface area contributed by atoms with Gasteiger partial charge in [-0.3, -0.25) is 0 Å². The highest BCUT2D eigenvalue weighted by molar-refractivity contribution is 5.78. The number of fused-ring (bicyclic) bond motifs is 1. The van der Waals surface area contributed by atoms with E-state index in [1.54, 1.807) is 0 Å². The summed E-state index contributed by atoms with van der Waals surface area (Å²) in [6.45, 7) is 0. The van der Waals surface area contributed by atoms with Gasteiger partial charge in [-0.25, -0.2) is 4.98 Å². The molecule has 1 heterocycles. The number of hydrogen-bond acceptors (Lipinski definition) is 1. The van der Waals surface area contributed by atoms with Gasteiger partial charge in [-0.1, -0.05) is 42.5 Å². The lowest BCUT2D eigenvalue weighted by Gasteiger charge is -1.96. The second-order valence-corrected chi connectivity index (χ2v) is 3.87. The summed E-state index contributed by atoms with van der Waals surface area (Å²) in [5.74, 6) is 0. The van der Waals surface area contributed by atoms with Gasteiger partial charge in [0.2, 0.25) is 0 Å².